The molecule has 3 atom stereocenters. The van der Waals surface area contributed by atoms with Crippen molar-refractivity contribution in [3.05, 3.63) is 0 Å². The maximum absolute atomic E-state index is 12.2. The fourth-order valence-corrected chi connectivity index (χ4v) is 3.52. The van der Waals surface area contributed by atoms with Crippen molar-refractivity contribution in [2.45, 2.75) is 46.0 Å². The number of hydrogen-bond donors (Lipinski definition) is 1. The Kier molecular flexibility index (Phi) is 5.04. The lowest BCUT2D eigenvalue weighted by molar-refractivity contribution is -0.134. The van der Waals surface area contributed by atoms with Gasteiger partial charge in [-0.2, -0.15) is 0 Å². The van der Waals surface area contributed by atoms with E-state index >= 15 is 0 Å². The highest BCUT2D eigenvalue weighted by Gasteiger charge is 2.25. The topological polar surface area (TPSA) is 32.3 Å². The molecule has 18 heavy (non-hydrogen) atoms. The average molecular weight is 252 g/mol. The molecule has 0 saturated carbocycles. The zero-order valence-electron chi connectivity index (χ0n) is 12.0. The molecule has 2 aliphatic heterocycles. The molecule has 2 rings (SSSR count). The van der Waals surface area contributed by atoms with Crippen LogP contribution in [-0.4, -0.2) is 37.0 Å². The minimum absolute atomic E-state index is 0.388. The third kappa shape index (κ3) is 3.98. The summed E-state index contributed by atoms with van der Waals surface area (Å²) < 4.78 is 0. The fourth-order valence-electron chi connectivity index (χ4n) is 3.52. The van der Waals surface area contributed by atoms with Crippen LogP contribution < -0.4 is 5.32 Å². The molecule has 0 aromatic heterocycles. The second kappa shape index (κ2) is 6.55. The molecule has 104 valence electrons. The molecule has 2 fully saturated rings. The Labute approximate surface area is 111 Å². The predicted molar refractivity (Wildman–Crippen MR) is 74.4 cm³/mol. The van der Waals surface area contributed by atoms with Crippen molar-refractivity contribution in [1.29, 1.82) is 0 Å². The van der Waals surface area contributed by atoms with E-state index in [2.05, 4.69) is 24.1 Å². The van der Waals surface area contributed by atoms with Gasteiger partial charge in [-0.3, -0.25) is 4.79 Å². The Morgan fingerprint density at radius 3 is 2.61 bits per heavy atom. The number of nitrogens with zero attached hydrogens (tertiary/aromatic N) is 1. The summed E-state index contributed by atoms with van der Waals surface area (Å²) in [6.45, 7) is 8.76. The Morgan fingerprint density at radius 2 is 2.00 bits per heavy atom. The first kappa shape index (κ1) is 13.9. The third-order valence-electron chi connectivity index (χ3n) is 4.39. The van der Waals surface area contributed by atoms with Gasteiger partial charge in [-0.15, -0.1) is 0 Å². The van der Waals surface area contributed by atoms with Crippen LogP contribution in [0.1, 0.15) is 46.0 Å². The summed E-state index contributed by atoms with van der Waals surface area (Å²) in [5.74, 6) is 2.46. The summed E-state index contributed by atoms with van der Waals surface area (Å²) in [5, 5.41) is 3.43. The van der Waals surface area contributed by atoms with Gasteiger partial charge in [-0.05, 0) is 56.5 Å². The molecule has 3 heteroatoms. The maximum Gasteiger partial charge on any atom is 0.222 e. The molecule has 1 amide bonds. The van der Waals surface area contributed by atoms with E-state index in [1.165, 1.54) is 19.3 Å². The van der Waals surface area contributed by atoms with Gasteiger partial charge in [0.1, 0.15) is 0 Å². The summed E-state index contributed by atoms with van der Waals surface area (Å²) in [5.41, 5.74) is 0. The summed E-state index contributed by atoms with van der Waals surface area (Å²) in [6.07, 6.45) is 5.68. The van der Waals surface area contributed by atoms with Gasteiger partial charge in [-0.25, -0.2) is 0 Å². The molecule has 2 aliphatic rings. The zero-order chi connectivity index (χ0) is 13.0. The van der Waals surface area contributed by atoms with E-state index in [1.807, 2.05) is 0 Å². The Balaban J connectivity index is 1.73. The molecule has 0 aromatic rings. The number of piperidine rings is 2. The van der Waals surface area contributed by atoms with Crippen molar-refractivity contribution in [2.24, 2.45) is 17.8 Å². The van der Waals surface area contributed by atoms with Crippen LogP contribution in [0.4, 0.5) is 0 Å². The van der Waals surface area contributed by atoms with Crippen LogP contribution in [0, 0.1) is 17.8 Å². The number of amides is 1. The largest absolute Gasteiger partial charge is 0.342 e. The Hall–Kier alpha value is -0.570. The lowest BCUT2D eigenvalue weighted by Gasteiger charge is -2.35. The minimum atomic E-state index is 0.388. The van der Waals surface area contributed by atoms with Crippen LogP contribution in [0.2, 0.25) is 0 Å². The summed E-state index contributed by atoms with van der Waals surface area (Å²) in [6, 6.07) is 0. The van der Waals surface area contributed by atoms with E-state index in [1.54, 1.807) is 0 Å². The molecule has 0 aromatic carbocycles. The van der Waals surface area contributed by atoms with Gasteiger partial charge in [0.05, 0.1) is 0 Å². The van der Waals surface area contributed by atoms with Gasteiger partial charge in [-0.1, -0.05) is 13.8 Å². The first-order valence-corrected chi connectivity index (χ1v) is 7.63. The van der Waals surface area contributed by atoms with Crippen molar-refractivity contribution in [3.8, 4) is 0 Å². The van der Waals surface area contributed by atoms with E-state index in [4.69, 9.17) is 0 Å². The molecular weight excluding hydrogens is 224 g/mol. The van der Waals surface area contributed by atoms with Crippen LogP contribution in [0.5, 0.6) is 0 Å². The smallest absolute Gasteiger partial charge is 0.222 e. The molecular formula is C15H28N2O. The van der Waals surface area contributed by atoms with Crippen molar-refractivity contribution in [3.63, 3.8) is 0 Å². The highest BCUT2D eigenvalue weighted by molar-refractivity contribution is 5.76. The fraction of sp³-hybridized carbons (Fsp3) is 0.933. The molecule has 2 saturated heterocycles. The molecule has 3 nitrogen and oxygen atoms in total. The first-order valence-electron chi connectivity index (χ1n) is 7.63. The van der Waals surface area contributed by atoms with Crippen LogP contribution in [0.25, 0.3) is 0 Å². The zero-order valence-corrected chi connectivity index (χ0v) is 12.0. The number of rotatable bonds is 3. The number of nitrogens with one attached hydrogen (secondary N) is 1. The number of carbonyl (C=O) groups is 1. The molecule has 0 spiro atoms. The van der Waals surface area contributed by atoms with E-state index < -0.39 is 0 Å². The molecule has 0 aliphatic carbocycles. The van der Waals surface area contributed by atoms with Crippen molar-refractivity contribution in [1.82, 2.24) is 10.2 Å². The molecule has 3 unspecified atom stereocenters. The monoisotopic (exact) mass is 252 g/mol. The molecule has 0 radical (unpaired) electrons. The quantitative estimate of drug-likeness (QED) is 0.835. The predicted octanol–water partition coefficient (Wildman–Crippen LogP) is 2.27. The first-order chi connectivity index (χ1) is 8.65. The lowest BCUT2D eigenvalue weighted by Crippen LogP contribution is -2.42. The highest BCUT2D eigenvalue weighted by Crippen LogP contribution is 2.23. The van der Waals surface area contributed by atoms with Crippen LogP contribution in [0.15, 0.2) is 0 Å². The SMILES string of the molecule is CC1CC(C)CN(C(=O)CCC2CCCNC2)C1. The molecule has 1 N–H and O–H groups in total. The highest BCUT2D eigenvalue weighted by atomic mass is 16.2. The van der Waals surface area contributed by atoms with Crippen LogP contribution in [-0.2, 0) is 4.79 Å². The van der Waals surface area contributed by atoms with Gasteiger partial charge < -0.3 is 10.2 Å². The Morgan fingerprint density at radius 1 is 1.28 bits per heavy atom. The van der Waals surface area contributed by atoms with Crippen molar-refractivity contribution >= 4 is 5.91 Å². The van der Waals surface area contributed by atoms with E-state index in [0.29, 0.717) is 17.7 Å². The minimum Gasteiger partial charge on any atom is -0.342 e. The lowest BCUT2D eigenvalue weighted by atomic mass is 9.90. The number of carbonyl (C=O) groups excluding carboxylic acids is 1. The van der Waals surface area contributed by atoms with Gasteiger partial charge >= 0.3 is 0 Å². The van der Waals surface area contributed by atoms with E-state index in [0.717, 1.165) is 44.9 Å². The van der Waals surface area contributed by atoms with Crippen LogP contribution in [0.3, 0.4) is 0 Å². The summed E-state index contributed by atoms with van der Waals surface area (Å²) in [7, 11) is 0. The van der Waals surface area contributed by atoms with E-state index in [9.17, 15) is 4.79 Å². The number of hydrogen-bond acceptors (Lipinski definition) is 2. The second-order valence-electron chi connectivity index (χ2n) is 6.50. The normalized spacial score (nSPS) is 33.4. The summed E-state index contributed by atoms with van der Waals surface area (Å²) in [4.78, 5) is 14.3. The maximum atomic E-state index is 12.2. The standard InChI is InChI=1S/C15H28N2O/c1-12-8-13(2)11-17(10-12)15(18)6-5-14-4-3-7-16-9-14/h12-14,16H,3-11H2,1-2H3. The average Bonchev–Trinajstić information content (AvgIpc) is 2.36. The van der Waals surface area contributed by atoms with Crippen molar-refractivity contribution < 1.29 is 4.79 Å². The van der Waals surface area contributed by atoms with Gasteiger partial charge in [0, 0.05) is 19.5 Å². The van der Waals surface area contributed by atoms with Crippen molar-refractivity contribution in [2.75, 3.05) is 26.2 Å². The Bertz CT molecular complexity index is 264. The molecule has 0 bridgehead atoms. The summed E-state index contributed by atoms with van der Waals surface area (Å²) >= 11 is 0. The molecule has 2 heterocycles. The third-order valence-corrected chi connectivity index (χ3v) is 4.39. The number of likely N-dealkylation sites (tertiary alicyclic amines) is 1. The van der Waals surface area contributed by atoms with Gasteiger partial charge in [0.25, 0.3) is 0 Å². The van der Waals surface area contributed by atoms with E-state index in [-0.39, 0.29) is 0 Å². The second-order valence-corrected chi connectivity index (χ2v) is 6.50. The van der Waals surface area contributed by atoms with Crippen LogP contribution >= 0.6 is 0 Å². The van der Waals surface area contributed by atoms with Gasteiger partial charge in [0.2, 0.25) is 5.91 Å². The van der Waals surface area contributed by atoms with Gasteiger partial charge in [0.15, 0.2) is 0 Å².